The molecule has 0 heterocycles. The Balaban J connectivity index is 1.96. The number of ketones is 1. The van der Waals surface area contributed by atoms with Crippen LogP contribution in [-0.4, -0.2) is 18.8 Å². The molecule has 0 aliphatic rings. The summed E-state index contributed by atoms with van der Waals surface area (Å²) in [6, 6.07) is 16.5. The van der Waals surface area contributed by atoms with E-state index in [1.54, 1.807) is 18.2 Å². The number of Topliss-reactive ketones (excluding diaryl/α,β-unsaturated/α-hetero) is 1. The summed E-state index contributed by atoms with van der Waals surface area (Å²) in [4.78, 5) is 25.6. The molecule has 3 aromatic rings. The molecule has 0 radical (unpaired) electrons. The summed E-state index contributed by atoms with van der Waals surface area (Å²) in [5, 5.41) is 4.34. The number of nitrogens with one attached hydrogen (secondary N) is 1. The second kappa shape index (κ2) is 7.76. The number of carbonyl (C=O) groups is 2. The number of ether oxygens (including phenoxy) is 1. The van der Waals surface area contributed by atoms with Crippen molar-refractivity contribution in [1.82, 2.24) is 0 Å². The molecule has 0 spiro atoms. The van der Waals surface area contributed by atoms with Gasteiger partial charge in [-0.1, -0.05) is 67.0 Å². The SMILES string of the molecule is COc1ccc(C(C)(C)C)cc1NC(=O)C(=O)c1ccc(Br)c2ccccc12. The Bertz CT molecular complexity index is 1070. The van der Waals surface area contributed by atoms with E-state index in [9.17, 15) is 9.59 Å². The molecule has 0 aromatic heterocycles. The predicted molar refractivity (Wildman–Crippen MR) is 116 cm³/mol. The lowest BCUT2D eigenvalue weighted by Crippen LogP contribution is -2.24. The van der Waals surface area contributed by atoms with Crippen LogP contribution in [0.4, 0.5) is 5.69 Å². The molecule has 0 fully saturated rings. The van der Waals surface area contributed by atoms with Crippen LogP contribution in [0.3, 0.4) is 0 Å². The number of anilines is 1. The van der Waals surface area contributed by atoms with Crippen molar-refractivity contribution in [3.8, 4) is 5.75 Å². The fourth-order valence-corrected chi connectivity index (χ4v) is 3.51. The second-order valence-electron chi connectivity index (χ2n) is 7.59. The van der Waals surface area contributed by atoms with Crippen LogP contribution < -0.4 is 10.1 Å². The topological polar surface area (TPSA) is 55.4 Å². The third-order valence-corrected chi connectivity index (χ3v) is 5.33. The Morgan fingerprint density at radius 1 is 0.964 bits per heavy atom. The summed E-state index contributed by atoms with van der Waals surface area (Å²) < 4.78 is 6.23. The number of fused-ring (bicyclic) bond motifs is 1. The monoisotopic (exact) mass is 439 g/mol. The van der Waals surface area contributed by atoms with Crippen LogP contribution in [0.25, 0.3) is 10.8 Å². The van der Waals surface area contributed by atoms with Gasteiger partial charge < -0.3 is 10.1 Å². The molecule has 0 bridgehead atoms. The maximum atomic E-state index is 12.9. The number of hydrogen-bond donors (Lipinski definition) is 1. The molecular formula is C23H22BrNO3. The first-order valence-corrected chi connectivity index (χ1v) is 9.73. The van der Waals surface area contributed by atoms with Crippen LogP contribution in [-0.2, 0) is 10.2 Å². The standard InChI is InChI=1S/C23H22BrNO3/c1-23(2,3)14-9-12-20(28-4)19(13-14)25-22(27)21(26)17-10-11-18(24)16-8-6-5-7-15(16)17/h5-13H,1-4H3,(H,25,27). The minimum absolute atomic E-state index is 0.0995. The minimum Gasteiger partial charge on any atom is -0.495 e. The average Bonchev–Trinajstić information content (AvgIpc) is 2.67. The Hall–Kier alpha value is -2.66. The largest absolute Gasteiger partial charge is 0.495 e. The normalized spacial score (nSPS) is 11.3. The fraction of sp³-hybridized carbons (Fsp3) is 0.217. The highest BCUT2D eigenvalue weighted by molar-refractivity contribution is 9.10. The maximum absolute atomic E-state index is 12.9. The van der Waals surface area contributed by atoms with Crippen LogP contribution >= 0.6 is 15.9 Å². The molecule has 0 unspecified atom stereocenters. The van der Waals surface area contributed by atoms with Gasteiger partial charge >= 0.3 is 0 Å². The average molecular weight is 440 g/mol. The fourth-order valence-electron chi connectivity index (χ4n) is 3.03. The molecule has 0 saturated carbocycles. The zero-order chi connectivity index (χ0) is 20.5. The highest BCUT2D eigenvalue weighted by Gasteiger charge is 2.22. The number of halogens is 1. The Morgan fingerprint density at radius 2 is 1.64 bits per heavy atom. The third kappa shape index (κ3) is 3.94. The van der Waals surface area contributed by atoms with E-state index in [4.69, 9.17) is 4.74 Å². The molecule has 144 valence electrons. The van der Waals surface area contributed by atoms with Gasteiger partial charge in [0, 0.05) is 10.0 Å². The molecule has 0 aliphatic heterocycles. The van der Waals surface area contributed by atoms with Crippen molar-refractivity contribution in [1.29, 1.82) is 0 Å². The molecule has 0 aliphatic carbocycles. The lowest BCUT2D eigenvalue weighted by molar-refractivity contribution is -0.112. The lowest BCUT2D eigenvalue weighted by Gasteiger charge is -2.21. The summed E-state index contributed by atoms with van der Waals surface area (Å²) in [6.45, 7) is 6.25. The van der Waals surface area contributed by atoms with Crippen LogP contribution in [0, 0.1) is 0 Å². The summed E-state index contributed by atoms with van der Waals surface area (Å²) in [5.74, 6) is -0.779. The predicted octanol–water partition coefficient (Wildman–Crippen LogP) is 5.73. The van der Waals surface area contributed by atoms with E-state index in [1.165, 1.54) is 7.11 Å². The van der Waals surface area contributed by atoms with Crippen LogP contribution in [0.2, 0.25) is 0 Å². The first-order valence-electron chi connectivity index (χ1n) is 8.94. The van der Waals surface area contributed by atoms with Crippen molar-refractivity contribution >= 4 is 44.1 Å². The van der Waals surface area contributed by atoms with Gasteiger partial charge in [-0.15, -0.1) is 0 Å². The van der Waals surface area contributed by atoms with Crippen molar-refractivity contribution in [2.24, 2.45) is 0 Å². The van der Waals surface area contributed by atoms with Gasteiger partial charge in [0.15, 0.2) is 0 Å². The Morgan fingerprint density at radius 3 is 2.29 bits per heavy atom. The first kappa shape index (κ1) is 20.1. The molecule has 5 heteroatoms. The molecule has 3 rings (SSSR count). The van der Waals surface area contributed by atoms with Gasteiger partial charge in [-0.25, -0.2) is 0 Å². The number of methoxy groups -OCH3 is 1. The summed E-state index contributed by atoms with van der Waals surface area (Å²) in [5.41, 5.74) is 1.78. The van der Waals surface area contributed by atoms with Crippen molar-refractivity contribution in [2.45, 2.75) is 26.2 Å². The van der Waals surface area contributed by atoms with Crippen molar-refractivity contribution < 1.29 is 14.3 Å². The maximum Gasteiger partial charge on any atom is 0.296 e. The molecule has 1 amide bonds. The van der Waals surface area contributed by atoms with Crippen molar-refractivity contribution in [3.63, 3.8) is 0 Å². The molecular weight excluding hydrogens is 418 g/mol. The Kier molecular flexibility index (Phi) is 5.57. The Labute approximate surface area is 173 Å². The quantitative estimate of drug-likeness (QED) is 0.417. The lowest BCUT2D eigenvalue weighted by atomic mass is 9.87. The van der Waals surface area contributed by atoms with E-state index in [0.29, 0.717) is 17.0 Å². The number of benzene rings is 3. The smallest absolute Gasteiger partial charge is 0.296 e. The van der Waals surface area contributed by atoms with Crippen LogP contribution in [0.1, 0.15) is 36.7 Å². The number of carbonyl (C=O) groups excluding carboxylic acids is 2. The van der Waals surface area contributed by atoms with Crippen LogP contribution in [0.15, 0.2) is 59.1 Å². The molecule has 3 aromatic carbocycles. The highest BCUT2D eigenvalue weighted by Crippen LogP contribution is 2.32. The van der Waals surface area contributed by atoms with Crippen LogP contribution in [0.5, 0.6) is 5.75 Å². The number of hydrogen-bond acceptors (Lipinski definition) is 3. The van der Waals surface area contributed by atoms with Gasteiger partial charge in [0.1, 0.15) is 5.75 Å². The minimum atomic E-state index is -0.697. The summed E-state index contributed by atoms with van der Waals surface area (Å²) in [7, 11) is 1.53. The van der Waals surface area contributed by atoms with Gasteiger partial charge in [0.2, 0.25) is 0 Å². The molecule has 1 N–H and O–H groups in total. The zero-order valence-corrected chi connectivity index (χ0v) is 17.9. The van der Waals surface area contributed by atoms with Gasteiger partial charge in [-0.2, -0.15) is 0 Å². The first-order chi connectivity index (χ1) is 13.2. The molecule has 0 atom stereocenters. The van der Waals surface area contributed by atoms with Gasteiger partial charge in [0.05, 0.1) is 12.8 Å². The van der Waals surface area contributed by atoms with E-state index in [0.717, 1.165) is 20.8 Å². The van der Waals surface area contributed by atoms with Gasteiger partial charge in [0.25, 0.3) is 11.7 Å². The summed E-state index contributed by atoms with van der Waals surface area (Å²) >= 11 is 3.49. The van der Waals surface area contributed by atoms with Crippen molar-refractivity contribution in [3.05, 3.63) is 70.2 Å². The van der Waals surface area contributed by atoms with E-state index < -0.39 is 11.7 Å². The van der Waals surface area contributed by atoms with Gasteiger partial charge in [-0.3, -0.25) is 9.59 Å². The highest BCUT2D eigenvalue weighted by atomic mass is 79.9. The van der Waals surface area contributed by atoms with E-state index >= 15 is 0 Å². The van der Waals surface area contributed by atoms with E-state index in [-0.39, 0.29) is 5.41 Å². The van der Waals surface area contributed by atoms with Gasteiger partial charge in [-0.05, 0) is 46.0 Å². The number of rotatable bonds is 4. The summed E-state index contributed by atoms with van der Waals surface area (Å²) in [6.07, 6.45) is 0. The zero-order valence-electron chi connectivity index (χ0n) is 16.3. The molecule has 28 heavy (non-hydrogen) atoms. The number of amides is 1. The van der Waals surface area contributed by atoms with Crippen molar-refractivity contribution in [2.75, 3.05) is 12.4 Å². The molecule has 0 saturated heterocycles. The van der Waals surface area contributed by atoms with E-state index in [2.05, 4.69) is 42.0 Å². The second-order valence-corrected chi connectivity index (χ2v) is 8.44. The molecule has 4 nitrogen and oxygen atoms in total. The third-order valence-electron chi connectivity index (χ3n) is 4.64. The van der Waals surface area contributed by atoms with E-state index in [1.807, 2.05) is 36.4 Å².